The van der Waals surface area contributed by atoms with Crippen LogP contribution in [0.25, 0.3) is 0 Å². The molecule has 1 aromatic carbocycles. The summed E-state index contributed by atoms with van der Waals surface area (Å²) in [6.07, 6.45) is 5.90. The van der Waals surface area contributed by atoms with Crippen LogP contribution in [0.15, 0.2) is 18.2 Å². The zero-order valence-electron chi connectivity index (χ0n) is 14.1. The van der Waals surface area contributed by atoms with Crippen molar-refractivity contribution in [1.29, 1.82) is 0 Å². The fourth-order valence-electron chi connectivity index (χ4n) is 1.89. The molecule has 0 fully saturated rings. The molecule has 0 saturated heterocycles. The van der Waals surface area contributed by atoms with Crippen LogP contribution in [0.5, 0.6) is 0 Å². The Morgan fingerprint density at radius 3 is 2.48 bits per heavy atom. The van der Waals surface area contributed by atoms with Gasteiger partial charge in [-0.15, -0.1) is 0 Å². The van der Waals surface area contributed by atoms with Crippen LogP contribution in [0.3, 0.4) is 0 Å². The lowest BCUT2D eigenvalue weighted by Crippen LogP contribution is -2.03. The normalized spacial score (nSPS) is 9.00. The third kappa shape index (κ3) is 7.56. The van der Waals surface area contributed by atoms with Crippen LogP contribution in [0.4, 0.5) is 0 Å². The average molecular weight is 288 g/mol. The summed E-state index contributed by atoms with van der Waals surface area (Å²) in [7, 11) is 1.39. The number of carbonyl (C=O) groups is 1. The number of hydrogen-bond acceptors (Lipinski definition) is 2. The van der Waals surface area contributed by atoms with Crippen LogP contribution in [-0.4, -0.2) is 13.1 Å². The first-order valence-corrected chi connectivity index (χ1v) is 7.87. The minimum Gasteiger partial charge on any atom is -0.465 e. The van der Waals surface area contributed by atoms with Gasteiger partial charge in [-0.25, -0.2) is 4.79 Å². The number of methoxy groups -OCH3 is 1. The number of rotatable bonds is 5. The van der Waals surface area contributed by atoms with Gasteiger partial charge >= 0.3 is 5.97 Å². The van der Waals surface area contributed by atoms with Crippen LogP contribution in [-0.2, 0) is 4.74 Å². The minimum atomic E-state index is -0.295. The second-order valence-corrected chi connectivity index (χ2v) is 4.63. The van der Waals surface area contributed by atoms with Gasteiger partial charge in [0.1, 0.15) is 0 Å². The number of aryl methyl sites for hydroxylation is 1. The summed E-state index contributed by atoms with van der Waals surface area (Å²) in [5.41, 5.74) is 2.47. The van der Waals surface area contributed by atoms with Gasteiger partial charge in [0, 0.05) is 12.0 Å². The molecule has 2 heteroatoms. The maximum absolute atomic E-state index is 11.4. The van der Waals surface area contributed by atoms with Crippen LogP contribution in [0.1, 0.15) is 74.4 Å². The fourth-order valence-corrected chi connectivity index (χ4v) is 1.89. The molecule has 0 saturated carbocycles. The summed E-state index contributed by atoms with van der Waals surface area (Å²) in [4.78, 5) is 11.4. The third-order valence-electron chi connectivity index (χ3n) is 3.02. The van der Waals surface area contributed by atoms with Crippen molar-refractivity contribution in [1.82, 2.24) is 0 Å². The largest absolute Gasteiger partial charge is 0.465 e. The van der Waals surface area contributed by atoms with E-state index in [2.05, 4.69) is 18.8 Å². The van der Waals surface area contributed by atoms with E-state index in [4.69, 9.17) is 4.74 Å². The molecular weight excluding hydrogens is 260 g/mol. The van der Waals surface area contributed by atoms with Crippen molar-refractivity contribution in [2.45, 2.75) is 59.8 Å². The summed E-state index contributed by atoms with van der Waals surface area (Å²) in [6, 6.07) is 5.59. The Kier molecular flexibility index (Phi) is 11.0. The Hall–Kier alpha value is -1.75. The highest BCUT2D eigenvalue weighted by molar-refractivity contribution is 5.91. The zero-order valence-corrected chi connectivity index (χ0v) is 14.1. The predicted octanol–water partition coefficient (Wildman–Crippen LogP) is 5.13. The van der Waals surface area contributed by atoms with Crippen molar-refractivity contribution >= 4 is 5.97 Å². The van der Waals surface area contributed by atoms with E-state index in [1.54, 1.807) is 6.07 Å². The van der Waals surface area contributed by atoms with E-state index in [-0.39, 0.29) is 5.97 Å². The third-order valence-corrected chi connectivity index (χ3v) is 3.02. The van der Waals surface area contributed by atoms with E-state index in [0.29, 0.717) is 5.56 Å². The Morgan fingerprint density at radius 1 is 1.19 bits per heavy atom. The van der Waals surface area contributed by atoms with Gasteiger partial charge in [0.05, 0.1) is 12.7 Å². The summed E-state index contributed by atoms with van der Waals surface area (Å²) < 4.78 is 4.72. The molecule has 0 atom stereocenters. The Labute approximate surface area is 129 Å². The standard InChI is InChI=1S/C17H22O2.C2H6/c1-4-5-6-7-8-9-10-15-11-12-16(14(2)13-15)17(18)19-3;1-2/h11-13H,4-8H2,1-3H3;1-2H3. The summed E-state index contributed by atoms with van der Waals surface area (Å²) in [5, 5.41) is 0. The molecule has 0 radical (unpaired) electrons. The van der Waals surface area contributed by atoms with Crippen LogP contribution in [0.2, 0.25) is 0 Å². The molecule has 0 bridgehead atoms. The molecule has 0 spiro atoms. The number of unbranched alkanes of at least 4 members (excludes halogenated alkanes) is 4. The quantitative estimate of drug-likeness (QED) is 0.426. The highest BCUT2D eigenvalue weighted by atomic mass is 16.5. The van der Waals surface area contributed by atoms with Crippen molar-refractivity contribution in [3.63, 3.8) is 0 Å². The Balaban J connectivity index is 0.00000191. The van der Waals surface area contributed by atoms with Crippen molar-refractivity contribution in [3.05, 3.63) is 34.9 Å². The molecule has 116 valence electrons. The predicted molar refractivity (Wildman–Crippen MR) is 89.5 cm³/mol. The lowest BCUT2D eigenvalue weighted by molar-refractivity contribution is 0.0600. The highest BCUT2D eigenvalue weighted by Gasteiger charge is 2.08. The summed E-state index contributed by atoms with van der Waals surface area (Å²) >= 11 is 0. The first-order chi connectivity index (χ1) is 10.2. The number of hydrogen-bond donors (Lipinski definition) is 0. The molecule has 2 nitrogen and oxygen atoms in total. The molecule has 0 amide bonds. The molecule has 0 aromatic heterocycles. The van der Waals surface area contributed by atoms with E-state index in [1.165, 1.54) is 32.8 Å². The molecule has 21 heavy (non-hydrogen) atoms. The van der Waals surface area contributed by atoms with Gasteiger partial charge in [-0.1, -0.05) is 51.9 Å². The molecule has 0 N–H and O–H groups in total. The van der Waals surface area contributed by atoms with Crippen LogP contribution < -0.4 is 0 Å². The lowest BCUT2D eigenvalue weighted by atomic mass is 10.1. The summed E-state index contributed by atoms with van der Waals surface area (Å²) in [6.45, 7) is 8.11. The number of benzene rings is 1. The topological polar surface area (TPSA) is 26.3 Å². The molecule has 0 aliphatic rings. The smallest absolute Gasteiger partial charge is 0.338 e. The molecule has 0 aliphatic carbocycles. The average Bonchev–Trinajstić information content (AvgIpc) is 2.52. The second-order valence-electron chi connectivity index (χ2n) is 4.63. The van der Waals surface area contributed by atoms with Crippen molar-refractivity contribution in [2.75, 3.05) is 7.11 Å². The highest BCUT2D eigenvalue weighted by Crippen LogP contribution is 2.11. The van der Waals surface area contributed by atoms with Crippen molar-refractivity contribution in [2.24, 2.45) is 0 Å². The Bertz CT molecular complexity index is 478. The van der Waals surface area contributed by atoms with Gasteiger partial charge in [0.2, 0.25) is 0 Å². The van der Waals surface area contributed by atoms with Crippen LogP contribution >= 0.6 is 0 Å². The second kappa shape index (κ2) is 12.0. The molecule has 0 heterocycles. The van der Waals surface area contributed by atoms with Gasteiger partial charge in [-0.3, -0.25) is 0 Å². The van der Waals surface area contributed by atoms with Gasteiger partial charge < -0.3 is 4.74 Å². The minimum absolute atomic E-state index is 0.295. The number of esters is 1. The fraction of sp³-hybridized carbons (Fsp3) is 0.526. The van der Waals surface area contributed by atoms with E-state index >= 15 is 0 Å². The number of ether oxygens (including phenoxy) is 1. The van der Waals surface area contributed by atoms with E-state index < -0.39 is 0 Å². The maximum atomic E-state index is 11.4. The van der Waals surface area contributed by atoms with Crippen molar-refractivity contribution < 1.29 is 9.53 Å². The summed E-state index contributed by atoms with van der Waals surface area (Å²) in [5.74, 6) is 6.03. The van der Waals surface area contributed by atoms with E-state index in [1.807, 2.05) is 32.9 Å². The molecule has 0 aliphatic heterocycles. The first kappa shape index (κ1) is 19.2. The molecule has 0 unspecified atom stereocenters. The Morgan fingerprint density at radius 2 is 1.90 bits per heavy atom. The van der Waals surface area contributed by atoms with Gasteiger partial charge in [0.15, 0.2) is 0 Å². The van der Waals surface area contributed by atoms with Crippen molar-refractivity contribution in [3.8, 4) is 11.8 Å². The molecule has 1 rings (SSSR count). The van der Waals surface area contributed by atoms with Gasteiger partial charge in [-0.05, 0) is 37.1 Å². The molecular formula is C19H28O2. The maximum Gasteiger partial charge on any atom is 0.338 e. The molecule has 1 aromatic rings. The van der Waals surface area contributed by atoms with E-state index in [9.17, 15) is 4.79 Å². The SMILES string of the molecule is CC.CCCCCCC#Cc1ccc(C(=O)OC)c(C)c1. The monoisotopic (exact) mass is 288 g/mol. The number of carbonyl (C=O) groups excluding carboxylic acids is 1. The van der Waals surface area contributed by atoms with Gasteiger partial charge in [-0.2, -0.15) is 0 Å². The lowest BCUT2D eigenvalue weighted by Gasteiger charge is -2.03. The first-order valence-electron chi connectivity index (χ1n) is 7.87. The zero-order chi connectivity index (χ0) is 16.1. The van der Waals surface area contributed by atoms with Crippen LogP contribution in [0, 0.1) is 18.8 Å². The van der Waals surface area contributed by atoms with E-state index in [0.717, 1.165) is 17.5 Å². The van der Waals surface area contributed by atoms with Gasteiger partial charge in [0.25, 0.3) is 0 Å².